The van der Waals surface area contributed by atoms with Crippen molar-refractivity contribution in [2.75, 3.05) is 33.0 Å². The van der Waals surface area contributed by atoms with Gasteiger partial charge in [-0.2, -0.15) is 0 Å². The van der Waals surface area contributed by atoms with E-state index in [2.05, 4.69) is 5.32 Å². The summed E-state index contributed by atoms with van der Waals surface area (Å²) < 4.78 is 34.8. The Labute approximate surface area is 188 Å². The maximum absolute atomic E-state index is 12.8. The predicted octanol–water partition coefficient (Wildman–Crippen LogP) is 1.20. The third kappa shape index (κ3) is 8.06. The zero-order valence-electron chi connectivity index (χ0n) is 19.5. The number of likely N-dealkylation sites (N-methyl/N-ethyl adjacent to an activating group) is 1. The van der Waals surface area contributed by atoms with Gasteiger partial charge in [0, 0.05) is 25.7 Å². The first-order valence-corrected chi connectivity index (χ1v) is 12.2. The minimum absolute atomic E-state index is 0.0202. The van der Waals surface area contributed by atoms with E-state index in [1.54, 1.807) is 20.8 Å². The molecular weight excluding hydrogens is 443 g/mol. The summed E-state index contributed by atoms with van der Waals surface area (Å²) in [5, 5.41) is 13.3. The number of carbonyl (C=O) groups excluding carboxylic acids is 3. The van der Waals surface area contributed by atoms with Gasteiger partial charge in [-0.25, -0.2) is 0 Å². The molecule has 0 aromatic carbocycles. The van der Waals surface area contributed by atoms with E-state index in [0.717, 1.165) is 4.90 Å². The first-order chi connectivity index (χ1) is 15.0. The Morgan fingerprint density at radius 2 is 1.75 bits per heavy atom. The zero-order valence-corrected chi connectivity index (χ0v) is 20.4. The van der Waals surface area contributed by atoms with E-state index in [9.17, 15) is 24.1 Å². The summed E-state index contributed by atoms with van der Waals surface area (Å²) in [7, 11) is -1.95. The van der Waals surface area contributed by atoms with Gasteiger partial charge in [0.25, 0.3) is 0 Å². The van der Waals surface area contributed by atoms with E-state index in [4.69, 9.17) is 18.5 Å². The average Bonchev–Trinajstić information content (AvgIpc) is 3.03. The second kappa shape index (κ2) is 13.2. The van der Waals surface area contributed by atoms with Gasteiger partial charge in [-0.3, -0.25) is 23.8 Å². The van der Waals surface area contributed by atoms with Crippen molar-refractivity contribution >= 4 is 25.2 Å². The maximum atomic E-state index is 12.8. The summed E-state index contributed by atoms with van der Waals surface area (Å²) in [6.45, 7) is 7.58. The van der Waals surface area contributed by atoms with E-state index >= 15 is 0 Å². The Bertz CT molecular complexity index is 733. The van der Waals surface area contributed by atoms with Gasteiger partial charge in [-0.15, -0.1) is 0 Å². The van der Waals surface area contributed by atoms with Gasteiger partial charge >= 0.3 is 7.60 Å². The number of aliphatic hydroxyl groups is 1. The monoisotopic (exact) mass is 478 g/mol. The largest absolute Gasteiger partial charge is 0.388 e. The number of Topliss-reactive ketones (excluding diaryl/α,β-unsaturated/α-hetero) is 1. The summed E-state index contributed by atoms with van der Waals surface area (Å²) in [5.41, 5.74) is 0.295. The van der Waals surface area contributed by atoms with E-state index < -0.39 is 43.9 Å². The van der Waals surface area contributed by atoms with Crippen LogP contribution in [-0.4, -0.2) is 85.2 Å². The molecule has 1 fully saturated rings. The zero-order chi connectivity index (χ0) is 24.5. The molecule has 11 nitrogen and oxygen atoms in total. The molecular formula is C20H35N2O9P. The standard InChI is InChI=1S/C20H35N2O9P/c1-7-29-32(27,30-8-2)10-9-16-18(26)19(28-12-17(25)21-6)20(31-16)22(15(5)24)11-13(3)14(4)23/h11,16,18-20,26H,7-10,12H2,1-6H3,(H,21,25)/b13-11-/t16-,18-,19-,20-/m1/s1. The fourth-order valence-corrected chi connectivity index (χ4v) is 4.78. The van der Waals surface area contributed by atoms with Gasteiger partial charge in [0.15, 0.2) is 12.0 Å². The van der Waals surface area contributed by atoms with Crippen molar-refractivity contribution in [1.29, 1.82) is 0 Å². The third-order valence-corrected chi connectivity index (χ3v) is 6.97. The van der Waals surface area contributed by atoms with Crippen LogP contribution >= 0.6 is 7.60 Å². The summed E-state index contributed by atoms with van der Waals surface area (Å²) in [6.07, 6.45) is -2.91. The van der Waals surface area contributed by atoms with Gasteiger partial charge < -0.3 is 28.9 Å². The second-order valence-corrected chi connectivity index (χ2v) is 9.44. The number of carbonyl (C=O) groups is 3. The van der Waals surface area contributed by atoms with Gasteiger partial charge in [-0.1, -0.05) is 0 Å². The smallest absolute Gasteiger partial charge is 0.330 e. The number of aliphatic hydroxyl groups excluding tert-OH is 1. The number of amides is 2. The Balaban J connectivity index is 3.15. The molecule has 0 radical (unpaired) electrons. The van der Waals surface area contributed by atoms with Crippen LogP contribution in [0.2, 0.25) is 0 Å². The minimum Gasteiger partial charge on any atom is -0.388 e. The van der Waals surface area contributed by atoms with Crippen LogP contribution in [0.15, 0.2) is 11.8 Å². The molecule has 0 saturated carbocycles. The highest BCUT2D eigenvalue weighted by molar-refractivity contribution is 7.53. The highest BCUT2D eigenvalue weighted by Crippen LogP contribution is 2.49. The summed E-state index contributed by atoms with van der Waals surface area (Å²) >= 11 is 0. The second-order valence-electron chi connectivity index (χ2n) is 7.26. The van der Waals surface area contributed by atoms with Crippen LogP contribution in [0.1, 0.15) is 41.0 Å². The van der Waals surface area contributed by atoms with Crippen LogP contribution in [0.4, 0.5) is 0 Å². The quantitative estimate of drug-likeness (QED) is 0.295. The molecule has 2 amide bonds. The van der Waals surface area contributed by atoms with Crippen molar-refractivity contribution in [2.24, 2.45) is 0 Å². The first kappa shape index (κ1) is 28.4. The molecule has 0 unspecified atom stereocenters. The molecule has 32 heavy (non-hydrogen) atoms. The Kier molecular flexibility index (Phi) is 11.7. The number of nitrogens with zero attached hydrogens (tertiary/aromatic N) is 1. The molecule has 1 saturated heterocycles. The van der Waals surface area contributed by atoms with Crippen LogP contribution in [0.3, 0.4) is 0 Å². The number of hydrogen-bond acceptors (Lipinski definition) is 9. The lowest BCUT2D eigenvalue weighted by Crippen LogP contribution is -2.46. The highest BCUT2D eigenvalue weighted by atomic mass is 31.2. The van der Waals surface area contributed by atoms with Crippen molar-refractivity contribution in [2.45, 2.75) is 65.6 Å². The molecule has 0 aromatic heterocycles. The normalized spacial score (nSPS) is 23.8. The fourth-order valence-electron chi connectivity index (χ4n) is 3.09. The van der Waals surface area contributed by atoms with Gasteiger partial charge in [0.1, 0.15) is 18.8 Å². The minimum atomic E-state index is -3.39. The van der Waals surface area contributed by atoms with Crippen molar-refractivity contribution < 1.29 is 42.6 Å². The molecule has 184 valence electrons. The van der Waals surface area contributed by atoms with Crippen LogP contribution in [0.5, 0.6) is 0 Å². The van der Waals surface area contributed by atoms with E-state index in [1.807, 2.05) is 0 Å². The van der Waals surface area contributed by atoms with Crippen LogP contribution in [0.25, 0.3) is 0 Å². The summed E-state index contributed by atoms with van der Waals surface area (Å²) in [5.74, 6) is -1.13. The van der Waals surface area contributed by atoms with Gasteiger partial charge in [0.2, 0.25) is 11.8 Å². The number of rotatable bonds is 13. The molecule has 1 rings (SSSR count). The Morgan fingerprint density at radius 3 is 2.22 bits per heavy atom. The lowest BCUT2D eigenvalue weighted by molar-refractivity contribution is -0.148. The molecule has 1 aliphatic rings. The van der Waals surface area contributed by atoms with Crippen LogP contribution in [-0.2, 0) is 37.5 Å². The van der Waals surface area contributed by atoms with E-state index in [1.165, 1.54) is 27.1 Å². The fraction of sp³-hybridized carbons (Fsp3) is 0.750. The molecule has 2 N–H and O–H groups in total. The molecule has 0 spiro atoms. The van der Waals surface area contributed by atoms with Crippen molar-refractivity contribution in [3.05, 3.63) is 11.8 Å². The third-order valence-electron chi connectivity index (χ3n) is 4.86. The summed E-state index contributed by atoms with van der Waals surface area (Å²) in [4.78, 5) is 36.8. The van der Waals surface area contributed by atoms with E-state index in [0.29, 0.717) is 5.57 Å². The van der Waals surface area contributed by atoms with Crippen molar-refractivity contribution in [3.63, 3.8) is 0 Å². The highest BCUT2D eigenvalue weighted by Gasteiger charge is 2.48. The molecule has 1 aliphatic heterocycles. The van der Waals surface area contributed by atoms with E-state index in [-0.39, 0.29) is 38.2 Å². The number of nitrogens with one attached hydrogen (secondary N) is 1. The van der Waals surface area contributed by atoms with Gasteiger partial charge in [0.05, 0.1) is 25.5 Å². The van der Waals surface area contributed by atoms with Crippen LogP contribution in [0, 0.1) is 0 Å². The number of ketones is 1. The molecule has 0 aromatic rings. The molecule has 12 heteroatoms. The summed E-state index contributed by atoms with van der Waals surface area (Å²) in [6, 6.07) is 0. The number of hydrogen-bond donors (Lipinski definition) is 2. The topological polar surface area (TPSA) is 141 Å². The lowest BCUT2D eigenvalue weighted by Gasteiger charge is -2.29. The molecule has 0 aliphatic carbocycles. The number of ether oxygens (including phenoxy) is 2. The van der Waals surface area contributed by atoms with Crippen molar-refractivity contribution in [1.82, 2.24) is 10.2 Å². The SMILES string of the molecule is CCOP(=O)(CC[C@H]1O[C@@H](N(/C=C(/C)C(C)=O)C(C)=O)[C@H](OCC(=O)NC)[C@@H]1O)OCC. The first-order valence-electron chi connectivity index (χ1n) is 10.5. The molecule has 1 heterocycles. The molecule has 0 bridgehead atoms. The maximum Gasteiger partial charge on any atom is 0.330 e. The van der Waals surface area contributed by atoms with Gasteiger partial charge in [-0.05, 0) is 34.1 Å². The number of allylic oxidation sites excluding steroid dienone is 1. The lowest BCUT2D eigenvalue weighted by atomic mass is 10.1. The Morgan fingerprint density at radius 1 is 1.16 bits per heavy atom. The van der Waals surface area contributed by atoms with Crippen LogP contribution < -0.4 is 5.32 Å². The van der Waals surface area contributed by atoms with Crippen molar-refractivity contribution in [3.8, 4) is 0 Å². The predicted molar refractivity (Wildman–Crippen MR) is 116 cm³/mol. The molecule has 4 atom stereocenters. The Hall–Kier alpha value is -1.62. The average molecular weight is 478 g/mol.